The number of carbonyl (C=O) groups excluding carboxylic acids is 1. The molecule has 1 aliphatic heterocycles. The van der Waals surface area contributed by atoms with Crippen molar-refractivity contribution < 1.29 is 27.4 Å². The topological polar surface area (TPSA) is 51.7 Å². The maximum absolute atomic E-state index is 12.7. The van der Waals surface area contributed by atoms with Crippen molar-refractivity contribution in [2.45, 2.75) is 18.7 Å². The Hall–Kier alpha value is -2.77. The Morgan fingerprint density at radius 1 is 1.23 bits per heavy atom. The van der Waals surface area contributed by atoms with Crippen LogP contribution in [0.15, 0.2) is 48.7 Å². The van der Waals surface area contributed by atoms with E-state index >= 15 is 0 Å². The standard InChI is InChI=1S/C18H17F3N2O3/c19-18(20,21)13-6-8-22-16(10-13)26-15-7-9-23(11-15)17(24)12-25-14-4-2-1-3-5-14/h1-6,8,10,15H,7,9,11-12H2. The van der Waals surface area contributed by atoms with Crippen LogP contribution in [0.5, 0.6) is 11.6 Å². The molecule has 0 spiro atoms. The van der Waals surface area contributed by atoms with Crippen LogP contribution in [0.1, 0.15) is 12.0 Å². The smallest absolute Gasteiger partial charge is 0.416 e. The van der Waals surface area contributed by atoms with Crippen molar-refractivity contribution >= 4 is 5.91 Å². The van der Waals surface area contributed by atoms with E-state index in [0.29, 0.717) is 18.7 Å². The van der Waals surface area contributed by atoms with Gasteiger partial charge in [-0.05, 0) is 18.2 Å². The third-order valence-corrected chi connectivity index (χ3v) is 3.95. The minimum Gasteiger partial charge on any atom is -0.484 e. The molecule has 1 aromatic carbocycles. The maximum atomic E-state index is 12.7. The lowest BCUT2D eigenvalue weighted by molar-refractivity contribution is -0.137. The van der Waals surface area contributed by atoms with E-state index in [0.717, 1.165) is 18.3 Å². The number of benzene rings is 1. The average molecular weight is 366 g/mol. The number of para-hydroxylation sites is 1. The first-order chi connectivity index (χ1) is 12.4. The predicted molar refractivity (Wildman–Crippen MR) is 86.8 cm³/mol. The van der Waals surface area contributed by atoms with Gasteiger partial charge in [0.05, 0.1) is 12.1 Å². The van der Waals surface area contributed by atoms with E-state index < -0.39 is 17.8 Å². The summed E-state index contributed by atoms with van der Waals surface area (Å²) in [5.74, 6) is 0.303. The maximum Gasteiger partial charge on any atom is 0.416 e. The first-order valence-corrected chi connectivity index (χ1v) is 8.07. The lowest BCUT2D eigenvalue weighted by Crippen LogP contribution is -2.34. The van der Waals surface area contributed by atoms with Gasteiger partial charge in [-0.2, -0.15) is 13.2 Å². The zero-order valence-electron chi connectivity index (χ0n) is 13.8. The Morgan fingerprint density at radius 2 is 2.00 bits per heavy atom. The Labute approximate surface area is 148 Å². The highest BCUT2D eigenvalue weighted by atomic mass is 19.4. The van der Waals surface area contributed by atoms with Gasteiger partial charge in [0.1, 0.15) is 11.9 Å². The molecule has 0 aliphatic carbocycles. The lowest BCUT2D eigenvalue weighted by Gasteiger charge is -2.17. The average Bonchev–Trinajstić information content (AvgIpc) is 3.09. The molecule has 1 aromatic heterocycles. The summed E-state index contributed by atoms with van der Waals surface area (Å²) < 4.78 is 49.1. The minimum atomic E-state index is -4.45. The molecule has 2 aromatic rings. The molecule has 0 saturated carbocycles. The monoisotopic (exact) mass is 366 g/mol. The molecule has 0 N–H and O–H groups in total. The lowest BCUT2D eigenvalue weighted by atomic mass is 10.2. The molecule has 26 heavy (non-hydrogen) atoms. The molecule has 1 atom stereocenters. The van der Waals surface area contributed by atoms with Crippen LogP contribution < -0.4 is 9.47 Å². The number of hydrogen-bond acceptors (Lipinski definition) is 4. The minimum absolute atomic E-state index is 0.0975. The second-order valence-corrected chi connectivity index (χ2v) is 5.85. The van der Waals surface area contributed by atoms with Crippen molar-refractivity contribution in [1.29, 1.82) is 0 Å². The largest absolute Gasteiger partial charge is 0.484 e. The number of likely N-dealkylation sites (tertiary alicyclic amines) is 1. The summed E-state index contributed by atoms with van der Waals surface area (Å²) in [6, 6.07) is 10.7. The van der Waals surface area contributed by atoms with E-state index in [2.05, 4.69) is 4.98 Å². The molecule has 1 fully saturated rings. The fraction of sp³-hybridized carbons (Fsp3) is 0.333. The van der Waals surface area contributed by atoms with Crippen LogP contribution in [0.4, 0.5) is 13.2 Å². The Kier molecular flexibility index (Phi) is 5.29. The van der Waals surface area contributed by atoms with Gasteiger partial charge in [0.15, 0.2) is 6.61 Å². The summed E-state index contributed by atoms with van der Waals surface area (Å²) in [5, 5.41) is 0. The molecule has 0 radical (unpaired) electrons. The summed E-state index contributed by atoms with van der Waals surface area (Å²) in [4.78, 5) is 17.6. The number of aromatic nitrogens is 1. The number of rotatable bonds is 5. The molecular weight excluding hydrogens is 349 g/mol. The zero-order valence-corrected chi connectivity index (χ0v) is 13.8. The number of amides is 1. The molecule has 8 heteroatoms. The number of nitrogens with zero attached hydrogens (tertiary/aromatic N) is 2. The summed E-state index contributed by atoms with van der Waals surface area (Å²) in [5.41, 5.74) is -0.815. The van der Waals surface area contributed by atoms with Crippen molar-refractivity contribution in [3.63, 3.8) is 0 Å². The molecule has 3 rings (SSSR count). The molecule has 0 bridgehead atoms. The van der Waals surface area contributed by atoms with Gasteiger partial charge in [0, 0.05) is 25.2 Å². The van der Waals surface area contributed by atoms with Gasteiger partial charge in [0.2, 0.25) is 5.88 Å². The van der Waals surface area contributed by atoms with Gasteiger partial charge in [-0.15, -0.1) is 0 Å². The number of halogens is 3. The molecular formula is C18H17F3N2O3. The molecule has 1 unspecified atom stereocenters. The van der Waals surface area contributed by atoms with Gasteiger partial charge in [-0.1, -0.05) is 18.2 Å². The number of alkyl halides is 3. The quantitative estimate of drug-likeness (QED) is 0.816. The van der Waals surface area contributed by atoms with Crippen LogP contribution in [0.3, 0.4) is 0 Å². The van der Waals surface area contributed by atoms with Crippen molar-refractivity contribution in [3.05, 3.63) is 54.2 Å². The summed E-state index contributed by atoms with van der Waals surface area (Å²) in [6.07, 6.45) is -3.27. The summed E-state index contributed by atoms with van der Waals surface area (Å²) in [6.45, 7) is 0.647. The number of ether oxygens (including phenoxy) is 2. The van der Waals surface area contributed by atoms with Gasteiger partial charge in [0.25, 0.3) is 5.91 Å². The van der Waals surface area contributed by atoms with Gasteiger partial charge >= 0.3 is 6.18 Å². The van der Waals surface area contributed by atoms with E-state index in [4.69, 9.17) is 9.47 Å². The molecule has 138 valence electrons. The second-order valence-electron chi connectivity index (χ2n) is 5.85. The van der Waals surface area contributed by atoms with Crippen molar-refractivity contribution in [2.24, 2.45) is 0 Å². The van der Waals surface area contributed by atoms with Gasteiger partial charge < -0.3 is 14.4 Å². The molecule has 1 saturated heterocycles. The molecule has 2 heterocycles. The van der Waals surface area contributed by atoms with Crippen LogP contribution in [0.25, 0.3) is 0 Å². The highest BCUT2D eigenvalue weighted by Crippen LogP contribution is 2.31. The van der Waals surface area contributed by atoms with Crippen molar-refractivity contribution in [3.8, 4) is 11.6 Å². The first kappa shape index (κ1) is 18.0. The Morgan fingerprint density at radius 3 is 2.73 bits per heavy atom. The zero-order chi connectivity index (χ0) is 18.6. The fourth-order valence-corrected chi connectivity index (χ4v) is 2.62. The van der Waals surface area contributed by atoms with E-state index in [9.17, 15) is 18.0 Å². The molecule has 5 nitrogen and oxygen atoms in total. The van der Waals surface area contributed by atoms with E-state index in [1.807, 2.05) is 18.2 Å². The third kappa shape index (κ3) is 4.65. The van der Waals surface area contributed by atoms with Gasteiger partial charge in [-0.3, -0.25) is 4.79 Å². The second kappa shape index (κ2) is 7.63. The highest BCUT2D eigenvalue weighted by molar-refractivity contribution is 5.78. The SMILES string of the molecule is O=C(COc1ccccc1)N1CCC(Oc2cc(C(F)(F)F)ccn2)C1. The summed E-state index contributed by atoms with van der Waals surface area (Å²) >= 11 is 0. The van der Waals surface area contributed by atoms with Crippen molar-refractivity contribution in [2.75, 3.05) is 19.7 Å². The third-order valence-electron chi connectivity index (χ3n) is 3.95. The summed E-state index contributed by atoms with van der Waals surface area (Å²) in [7, 11) is 0. The highest BCUT2D eigenvalue weighted by Gasteiger charge is 2.32. The van der Waals surface area contributed by atoms with E-state index in [1.54, 1.807) is 17.0 Å². The van der Waals surface area contributed by atoms with Crippen LogP contribution in [-0.2, 0) is 11.0 Å². The van der Waals surface area contributed by atoms with Crippen LogP contribution in [-0.4, -0.2) is 41.6 Å². The number of carbonyl (C=O) groups is 1. The normalized spacial score (nSPS) is 17.2. The van der Waals surface area contributed by atoms with Crippen LogP contribution in [0.2, 0.25) is 0 Å². The van der Waals surface area contributed by atoms with E-state index in [1.165, 1.54) is 0 Å². The molecule has 1 aliphatic rings. The Balaban J connectivity index is 1.51. The molecule has 1 amide bonds. The van der Waals surface area contributed by atoms with Crippen LogP contribution in [0, 0.1) is 0 Å². The predicted octanol–water partition coefficient (Wildman–Crippen LogP) is 3.16. The first-order valence-electron chi connectivity index (χ1n) is 8.07. The van der Waals surface area contributed by atoms with Crippen LogP contribution >= 0.6 is 0 Å². The Bertz CT molecular complexity index is 753. The van der Waals surface area contributed by atoms with Crippen molar-refractivity contribution in [1.82, 2.24) is 9.88 Å². The van der Waals surface area contributed by atoms with Gasteiger partial charge in [-0.25, -0.2) is 4.98 Å². The number of hydrogen-bond donors (Lipinski definition) is 0. The number of pyridine rings is 1. The fourth-order valence-electron chi connectivity index (χ4n) is 2.62. The van der Waals surface area contributed by atoms with E-state index in [-0.39, 0.29) is 24.9 Å².